The first-order valence-electron chi connectivity index (χ1n) is 6.07. The number of hydrogen-bond acceptors (Lipinski definition) is 4. The van der Waals surface area contributed by atoms with Crippen molar-refractivity contribution in [2.45, 2.75) is 26.8 Å². The van der Waals surface area contributed by atoms with Crippen LogP contribution in [0.5, 0.6) is 0 Å². The third kappa shape index (κ3) is 2.18. The van der Waals surface area contributed by atoms with E-state index in [0.29, 0.717) is 6.54 Å². The van der Waals surface area contributed by atoms with Crippen LogP contribution in [0.2, 0.25) is 0 Å². The Bertz CT molecular complexity index is 551. The van der Waals surface area contributed by atoms with Gasteiger partial charge in [-0.15, -0.1) is 0 Å². The van der Waals surface area contributed by atoms with Crippen molar-refractivity contribution in [3.63, 3.8) is 0 Å². The molecule has 0 aliphatic carbocycles. The van der Waals surface area contributed by atoms with Crippen molar-refractivity contribution in [1.29, 1.82) is 0 Å². The van der Waals surface area contributed by atoms with Gasteiger partial charge in [-0.3, -0.25) is 9.36 Å². The molecule has 2 aromatic heterocycles. The van der Waals surface area contributed by atoms with Crippen molar-refractivity contribution in [3.8, 4) is 0 Å². The standard InChI is InChI=1S/C12H20N6/c1-5-10-11(13)12(18(4)16-10)14-6-9-7-17(3)15-8(9)2/h7,14H,5-6,13H2,1-4H3. The lowest BCUT2D eigenvalue weighted by Crippen LogP contribution is -2.06. The highest BCUT2D eigenvalue weighted by Crippen LogP contribution is 2.23. The molecular formula is C12H20N6. The van der Waals surface area contributed by atoms with Crippen LogP contribution in [-0.2, 0) is 27.1 Å². The minimum atomic E-state index is 0.701. The van der Waals surface area contributed by atoms with Crippen molar-refractivity contribution in [2.75, 3.05) is 11.1 Å². The van der Waals surface area contributed by atoms with Gasteiger partial charge < -0.3 is 11.1 Å². The molecule has 18 heavy (non-hydrogen) atoms. The summed E-state index contributed by atoms with van der Waals surface area (Å²) in [6.07, 6.45) is 2.85. The number of rotatable bonds is 4. The van der Waals surface area contributed by atoms with Crippen LogP contribution < -0.4 is 11.1 Å². The Labute approximate surface area is 107 Å². The van der Waals surface area contributed by atoms with Crippen LogP contribution in [0.15, 0.2) is 6.20 Å². The van der Waals surface area contributed by atoms with E-state index >= 15 is 0 Å². The Kier molecular flexibility index (Phi) is 3.27. The van der Waals surface area contributed by atoms with Gasteiger partial charge in [-0.25, -0.2) is 0 Å². The van der Waals surface area contributed by atoms with Crippen LogP contribution in [0.25, 0.3) is 0 Å². The predicted octanol–water partition coefficient (Wildman–Crippen LogP) is 1.22. The summed E-state index contributed by atoms with van der Waals surface area (Å²) in [5.41, 5.74) is 9.92. The summed E-state index contributed by atoms with van der Waals surface area (Å²) < 4.78 is 3.61. The third-order valence-corrected chi connectivity index (χ3v) is 3.06. The average Bonchev–Trinajstić information content (AvgIpc) is 2.77. The lowest BCUT2D eigenvalue weighted by Gasteiger charge is -2.06. The Balaban J connectivity index is 2.15. The van der Waals surface area contributed by atoms with Gasteiger partial charge in [-0.1, -0.05) is 6.92 Å². The van der Waals surface area contributed by atoms with Gasteiger partial charge in [0.15, 0.2) is 0 Å². The molecule has 0 aliphatic rings. The molecule has 0 aliphatic heterocycles. The monoisotopic (exact) mass is 248 g/mol. The molecule has 0 amide bonds. The maximum Gasteiger partial charge on any atom is 0.148 e. The maximum absolute atomic E-state index is 6.06. The zero-order chi connectivity index (χ0) is 13.3. The number of nitrogens with one attached hydrogen (secondary N) is 1. The number of anilines is 2. The molecule has 98 valence electrons. The second kappa shape index (κ2) is 4.72. The van der Waals surface area contributed by atoms with Gasteiger partial charge in [0, 0.05) is 32.4 Å². The van der Waals surface area contributed by atoms with Crippen molar-refractivity contribution < 1.29 is 0 Å². The molecule has 0 radical (unpaired) electrons. The summed E-state index contributed by atoms with van der Waals surface area (Å²) in [7, 11) is 3.82. The molecule has 0 saturated heterocycles. The number of nitrogen functional groups attached to an aromatic ring is 1. The Hall–Kier alpha value is -1.98. The molecule has 2 heterocycles. The van der Waals surface area contributed by atoms with E-state index in [4.69, 9.17) is 5.73 Å². The van der Waals surface area contributed by atoms with Gasteiger partial charge >= 0.3 is 0 Å². The summed E-state index contributed by atoms with van der Waals surface area (Å²) in [6.45, 7) is 4.75. The van der Waals surface area contributed by atoms with Gasteiger partial charge in [0.2, 0.25) is 0 Å². The SMILES string of the molecule is CCc1nn(C)c(NCc2cn(C)nc2C)c1N. The zero-order valence-electron chi connectivity index (χ0n) is 11.4. The predicted molar refractivity (Wildman–Crippen MR) is 72.3 cm³/mol. The summed E-state index contributed by atoms with van der Waals surface area (Å²) in [5, 5.41) is 12.0. The minimum Gasteiger partial charge on any atom is -0.394 e. The molecule has 0 aromatic carbocycles. The second-order valence-electron chi connectivity index (χ2n) is 4.45. The topological polar surface area (TPSA) is 73.7 Å². The molecule has 2 aromatic rings. The number of nitrogens with zero attached hydrogens (tertiary/aromatic N) is 4. The van der Waals surface area contributed by atoms with E-state index in [1.54, 1.807) is 4.68 Å². The summed E-state index contributed by atoms with van der Waals surface area (Å²) >= 11 is 0. The van der Waals surface area contributed by atoms with Crippen LogP contribution in [0, 0.1) is 6.92 Å². The lowest BCUT2D eigenvalue weighted by molar-refractivity contribution is 0.747. The van der Waals surface area contributed by atoms with E-state index in [1.807, 2.05) is 38.8 Å². The molecule has 2 rings (SSSR count). The van der Waals surface area contributed by atoms with Crippen molar-refractivity contribution >= 4 is 11.5 Å². The highest BCUT2D eigenvalue weighted by atomic mass is 15.3. The highest BCUT2D eigenvalue weighted by Gasteiger charge is 2.12. The number of nitrogens with two attached hydrogens (primary N) is 1. The van der Waals surface area contributed by atoms with Crippen LogP contribution in [-0.4, -0.2) is 19.6 Å². The first-order valence-corrected chi connectivity index (χ1v) is 6.07. The number of aromatic nitrogens is 4. The highest BCUT2D eigenvalue weighted by molar-refractivity contribution is 5.65. The lowest BCUT2D eigenvalue weighted by atomic mass is 10.2. The number of aryl methyl sites for hydroxylation is 4. The van der Waals surface area contributed by atoms with Gasteiger partial charge in [0.25, 0.3) is 0 Å². The van der Waals surface area contributed by atoms with Gasteiger partial charge in [-0.2, -0.15) is 10.2 Å². The summed E-state index contributed by atoms with van der Waals surface area (Å²) in [6, 6.07) is 0. The average molecular weight is 248 g/mol. The fourth-order valence-corrected chi connectivity index (χ4v) is 2.07. The molecule has 6 heteroatoms. The molecule has 0 atom stereocenters. The molecule has 0 saturated carbocycles. The Morgan fingerprint density at radius 1 is 1.33 bits per heavy atom. The van der Waals surface area contributed by atoms with Crippen LogP contribution in [0.1, 0.15) is 23.9 Å². The van der Waals surface area contributed by atoms with Crippen LogP contribution >= 0.6 is 0 Å². The Morgan fingerprint density at radius 2 is 2.06 bits per heavy atom. The van der Waals surface area contributed by atoms with Crippen molar-refractivity contribution in [3.05, 3.63) is 23.1 Å². The first-order chi connectivity index (χ1) is 8.52. The molecule has 3 N–H and O–H groups in total. The van der Waals surface area contributed by atoms with Gasteiger partial charge in [0.05, 0.1) is 17.1 Å². The zero-order valence-corrected chi connectivity index (χ0v) is 11.4. The molecule has 0 fully saturated rings. The molecule has 0 spiro atoms. The largest absolute Gasteiger partial charge is 0.394 e. The molecule has 0 bridgehead atoms. The smallest absolute Gasteiger partial charge is 0.148 e. The van der Waals surface area contributed by atoms with Gasteiger partial charge in [-0.05, 0) is 13.3 Å². The van der Waals surface area contributed by atoms with E-state index in [1.165, 1.54) is 0 Å². The van der Waals surface area contributed by atoms with Crippen LogP contribution in [0.4, 0.5) is 11.5 Å². The van der Waals surface area contributed by atoms with E-state index < -0.39 is 0 Å². The second-order valence-corrected chi connectivity index (χ2v) is 4.45. The first kappa shape index (κ1) is 12.5. The molecule has 6 nitrogen and oxygen atoms in total. The number of hydrogen-bond donors (Lipinski definition) is 2. The van der Waals surface area contributed by atoms with E-state index in [0.717, 1.165) is 34.9 Å². The quantitative estimate of drug-likeness (QED) is 0.853. The fourth-order valence-electron chi connectivity index (χ4n) is 2.07. The van der Waals surface area contributed by atoms with Crippen molar-refractivity contribution in [2.24, 2.45) is 14.1 Å². The summed E-state index contributed by atoms with van der Waals surface area (Å²) in [5.74, 6) is 0.870. The van der Waals surface area contributed by atoms with E-state index in [-0.39, 0.29) is 0 Å². The van der Waals surface area contributed by atoms with Crippen LogP contribution in [0.3, 0.4) is 0 Å². The van der Waals surface area contributed by atoms with E-state index in [2.05, 4.69) is 15.5 Å². The molecule has 0 unspecified atom stereocenters. The maximum atomic E-state index is 6.06. The normalized spacial score (nSPS) is 10.9. The molecular weight excluding hydrogens is 228 g/mol. The Morgan fingerprint density at radius 3 is 2.56 bits per heavy atom. The fraction of sp³-hybridized carbons (Fsp3) is 0.500. The van der Waals surface area contributed by atoms with Gasteiger partial charge in [0.1, 0.15) is 5.82 Å². The van der Waals surface area contributed by atoms with Crippen molar-refractivity contribution in [1.82, 2.24) is 19.6 Å². The third-order valence-electron chi connectivity index (χ3n) is 3.06. The van der Waals surface area contributed by atoms with E-state index in [9.17, 15) is 0 Å². The summed E-state index contributed by atoms with van der Waals surface area (Å²) in [4.78, 5) is 0. The minimum absolute atomic E-state index is 0.701.